The van der Waals surface area contributed by atoms with Crippen molar-refractivity contribution in [3.8, 4) is 5.75 Å². The molecule has 3 rings (SSSR count). The van der Waals surface area contributed by atoms with Crippen LogP contribution >= 0.6 is 0 Å². The first kappa shape index (κ1) is 18.5. The molecule has 2 N–H and O–H groups in total. The molecule has 0 aromatic heterocycles. The Balaban J connectivity index is 1.79. The van der Waals surface area contributed by atoms with Crippen LogP contribution in [0.4, 0.5) is 17.1 Å². The van der Waals surface area contributed by atoms with Crippen molar-refractivity contribution in [2.45, 2.75) is 13.8 Å². The lowest BCUT2D eigenvalue weighted by molar-refractivity contribution is 0.102. The summed E-state index contributed by atoms with van der Waals surface area (Å²) in [5.74, 6) is 0.896. The van der Waals surface area contributed by atoms with Gasteiger partial charge >= 0.3 is 0 Å². The zero-order valence-corrected chi connectivity index (χ0v) is 15.6. The molecule has 3 aromatic rings. The summed E-state index contributed by atoms with van der Waals surface area (Å²) in [6.45, 7) is 4.78. The third-order valence-electron chi connectivity index (χ3n) is 3.93. The molecule has 138 valence electrons. The van der Waals surface area contributed by atoms with Gasteiger partial charge in [0.1, 0.15) is 5.75 Å². The molecular weight excluding hydrogens is 336 g/mol. The predicted molar refractivity (Wildman–Crippen MR) is 111 cm³/mol. The smallest absolute Gasteiger partial charge is 0.257 e. The average Bonchev–Trinajstić information content (AvgIpc) is 2.68. The number of ether oxygens (including phenoxy) is 1. The fourth-order valence-corrected chi connectivity index (χ4v) is 2.61. The van der Waals surface area contributed by atoms with Gasteiger partial charge in [0.05, 0.1) is 23.5 Å². The fraction of sp³-hybridized carbons (Fsp3) is 0.174. The number of hydrogen-bond donors (Lipinski definition) is 2. The number of carbonyl (C=O) groups is 1. The molecule has 0 fully saturated rings. The maximum atomic E-state index is 12.9. The van der Waals surface area contributed by atoms with E-state index in [9.17, 15) is 4.79 Å². The van der Waals surface area contributed by atoms with E-state index in [0.29, 0.717) is 29.5 Å². The van der Waals surface area contributed by atoms with Gasteiger partial charge in [-0.3, -0.25) is 4.79 Å². The van der Waals surface area contributed by atoms with Gasteiger partial charge in [0.2, 0.25) is 0 Å². The Kier molecular flexibility index (Phi) is 6.10. The minimum absolute atomic E-state index is 0.186. The van der Waals surface area contributed by atoms with Crippen LogP contribution in [-0.4, -0.2) is 12.5 Å². The number of carbonyl (C=O) groups excluding carboxylic acids is 1. The zero-order chi connectivity index (χ0) is 19.1. The van der Waals surface area contributed by atoms with Crippen molar-refractivity contribution in [1.29, 1.82) is 0 Å². The van der Waals surface area contributed by atoms with Gasteiger partial charge in [-0.2, -0.15) is 0 Å². The van der Waals surface area contributed by atoms with E-state index >= 15 is 0 Å². The molecular formula is C23H24N2O2. The number of benzene rings is 3. The molecule has 0 radical (unpaired) electrons. The second-order valence-corrected chi connectivity index (χ2v) is 6.69. The molecule has 4 nitrogen and oxygen atoms in total. The van der Waals surface area contributed by atoms with Gasteiger partial charge in [-0.25, -0.2) is 0 Å². The van der Waals surface area contributed by atoms with Crippen molar-refractivity contribution in [1.82, 2.24) is 0 Å². The molecule has 0 saturated heterocycles. The van der Waals surface area contributed by atoms with Crippen molar-refractivity contribution in [2.75, 3.05) is 17.2 Å². The standard InChI is InChI=1S/C23H24N2O2/c1-17(2)16-27-22-15-9-8-14-21(22)25-23(26)19-12-6-7-13-20(19)24-18-10-4-3-5-11-18/h3-15,17,24H,16H2,1-2H3,(H,25,26). The maximum Gasteiger partial charge on any atom is 0.257 e. The fourth-order valence-electron chi connectivity index (χ4n) is 2.61. The van der Waals surface area contributed by atoms with Gasteiger partial charge in [-0.15, -0.1) is 0 Å². The number of anilines is 3. The first-order chi connectivity index (χ1) is 13.1. The van der Waals surface area contributed by atoms with Crippen LogP contribution in [0.25, 0.3) is 0 Å². The Morgan fingerprint density at radius 3 is 2.22 bits per heavy atom. The van der Waals surface area contributed by atoms with E-state index in [4.69, 9.17) is 4.74 Å². The SMILES string of the molecule is CC(C)COc1ccccc1NC(=O)c1ccccc1Nc1ccccc1. The van der Waals surface area contributed by atoms with Gasteiger partial charge in [-0.05, 0) is 42.3 Å². The summed E-state index contributed by atoms with van der Waals surface area (Å²) in [5.41, 5.74) is 2.91. The van der Waals surface area contributed by atoms with Crippen molar-refractivity contribution in [2.24, 2.45) is 5.92 Å². The highest BCUT2D eigenvalue weighted by atomic mass is 16.5. The molecule has 0 saturated carbocycles. The molecule has 0 aliphatic rings. The van der Waals surface area contributed by atoms with Gasteiger partial charge in [-0.1, -0.05) is 56.3 Å². The third-order valence-corrected chi connectivity index (χ3v) is 3.93. The van der Waals surface area contributed by atoms with Gasteiger partial charge in [0.15, 0.2) is 0 Å². The van der Waals surface area contributed by atoms with Crippen LogP contribution in [-0.2, 0) is 0 Å². The maximum absolute atomic E-state index is 12.9. The van der Waals surface area contributed by atoms with E-state index in [1.807, 2.05) is 72.8 Å². The quantitative estimate of drug-likeness (QED) is 0.567. The Morgan fingerprint density at radius 1 is 0.852 bits per heavy atom. The van der Waals surface area contributed by atoms with Crippen LogP contribution in [0.1, 0.15) is 24.2 Å². The minimum Gasteiger partial charge on any atom is -0.491 e. The van der Waals surface area contributed by atoms with Crippen molar-refractivity contribution in [3.63, 3.8) is 0 Å². The number of nitrogens with one attached hydrogen (secondary N) is 2. The third kappa shape index (κ3) is 5.11. The lowest BCUT2D eigenvalue weighted by Crippen LogP contribution is -2.15. The topological polar surface area (TPSA) is 50.4 Å². The Bertz CT molecular complexity index is 892. The first-order valence-electron chi connectivity index (χ1n) is 9.08. The highest BCUT2D eigenvalue weighted by Crippen LogP contribution is 2.27. The predicted octanol–water partition coefficient (Wildman–Crippen LogP) is 5.72. The number of amides is 1. The molecule has 0 aliphatic carbocycles. The highest BCUT2D eigenvalue weighted by molar-refractivity contribution is 6.09. The Labute approximate surface area is 160 Å². The lowest BCUT2D eigenvalue weighted by atomic mass is 10.1. The van der Waals surface area contributed by atoms with Crippen molar-refractivity contribution >= 4 is 23.0 Å². The molecule has 3 aromatic carbocycles. The van der Waals surface area contributed by atoms with Gasteiger partial charge in [0, 0.05) is 5.69 Å². The van der Waals surface area contributed by atoms with Crippen molar-refractivity contribution in [3.05, 3.63) is 84.4 Å². The summed E-state index contributed by atoms with van der Waals surface area (Å²) in [6.07, 6.45) is 0. The molecule has 0 unspecified atom stereocenters. The van der Waals surface area contributed by atoms with Crippen LogP contribution < -0.4 is 15.4 Å². The van der Waals surface area contributed by atoms with Crippen LogP contribution in [0.5, 0.6) is 5.75 Å². The summed E-state index contributed by atoms with van der Waals surface area (Å²) < 4.78 is 5.83. The average molecular weight is 360 g/mol. The normalized spacial score (nSPS) is 10.5. The highest BCUT2D eigenvalue weighted by Gasteiger charge is 2.14. The van der Waals surface area contributed by atoms with E-state index in [1.165, 1.54) is 0 Å². The van der Waals surface area contributed by atoms with Crippen LogP contribution in [0.15, 0.2) is 78.9 Å². The van der Waals surface area contributed by atoms with Crippen molar-refractivity contribution < 1.29 is 9.53 Å². The second kappa shape index (κ2) is 8.90. The summed E-state index contributed by atoms with van der Waals surface area (Å²) in [5, 5.41) is 6.27. The summed E-state index contributed by atoms with van der Waals surface area (Å²) >= 11 is 0. The Hall–Kier alpha value is -3.27. The van der Waals surface area contributed by atoms with E-state index in [1.54, 1.807) is 6.07 Å². The first-order valence-corrected chi connectivity index (χ1v) is 9.08. The van der Waals surface area contributed by atoms with E-state index < -0.39 is 0 Å². The molecule has 0 spiro atoms. The number of rotatable bonds is 7. The van der Waals surface area contributed by atoms with Crippen LogP contribution in [0.3, 0.4) is 0 Å². The number of para-hydroxylation sites is 4. The molecule has 0 heterocycles. The van der Waals surface area contributed by atoms with E-state index in [-0.39, 0.29) is 5.91 Å². The molecule has 0 bridgehead atoms. The molecule has 0 aliphatic heterocycles. The van der Waals surface area contributed by atoms with E-state index in [0.717, 1.165) is 11.4 Å². The summed E-state index contributed by atoms with van der Waals surface area (Å²) in [7, 11) is 0. The largest absolute Gasteiger partial charge is 0.491 e. The van der Waals surface area contributed by atoms with Gasteiger partial charge in [0.25, 0.3) is 5.91 Å². The second-order valence-electron chi connectivity index (χ2n) is 6.69. The van der Waals surface area contributed by atoms with E-state index in [2.05, 4.69) is 24.5 Å². The zero-order valence-electron chi connectivity index (χ0n) is 15.6. The van der Waals surface area contributed by atoms with Crippen LogP contribution in [0.2, 0.25) is 0 Å². The van der Waals surface area contributed by atoms with Crippen LogP contribution in [0, 0.1) is 5.92 Å². The summed E-state index contributed by atoms with van der Waals surface area (Å²) in [6, 6.07) is 24.7. The van der Waals surface area contributed by atoms with Gasteiger partial charge < -0.3 is 15.4 Å². The lowest BCUT2D eigenvalue weighted by Gasteiger charge is -2.15. The molecule has 27 heavy (non-hydrogen) atoms. The molecule has 1 amide bonds. The number of hydrogen-bond acceptors (Lipinski definition) is 3. The minimum atomic E-state index is -0.186. The molecule has 0 atom stereocenters. The summed E-state index contributed by atoms with van der Waals surface area (Å²) in [4.78, 5) is 12.9. The Morgan fingerprint density at radius 2 is 1.48 bits per heavy atom. The molecule has 4 heteroatoms. The monoisotopic (exact) mass is 360 g/mol.